The zero-order valence-corrected chi connectivity index (χ0v) is 20.2. The molecule has 1 saturated carbocycles. The Kier molecular flexibility index (Phi) is 8.06. The van der Waals surface area contributed by atoms with Crippen LogP contribution in [-0.2, 0) is 14.3 Å². The Bertz CT molecular complexity index is 1020. The van der Waals surface area contributed by atoms with Gasteiger partial charge in [-0.15, -0.1) is 0 Å². The lowest BCUT2D eigenvalue weighted by atomic mass is 9.84. The highest BCUT2D eigenvalue weighted by molar-refractivity contribution is 5.79. The van der Waals surface area contributed by atoms with Crippen LogP contribution in [0.1, 0.15) is 62.5 Å². The molecule has 0 heterocycles. The van der Waals surface area contributed by atoms with Gasteiger partial charge in [0, 0.05) is 24.9 Å². The molecule has 2 amide bonds. The van der Waals surface area contributed by atoms with Gasteiger partial charge in [0.15, 0.2) is 0 Å². The number of carboxylic acid groups (broad SMARTS) is 1. The van der Waals surface area contributed by atoms with Gasteiger partial charge >= 0.3 is 12.1 Å². The molecule has 4 rings (SSSR count). The molecule has 2 aliphatic carbocycles. The number of hydrogen-bond acceptors (Lipinski definition) is 4. The van der Waals surface area contributed by atoms with Crippen LogP contribution in [0.5, 0.6) is 0 Å². The van der Waals surface area contributed by atoms with Gasteiger partial charge in [-0.05, 0) is 41.0 Å². The fourth-order valence-corrected chi connectivity index (χ4v) is 5.37. The van der Waals surface area contributed by atoms with E-state index in [9.17, 15) is 19.5 Å². The molecule has 2 aromatic carbocycles. The monoisotopic (exact) mass is 478 g/mol. The number of aliphatic carboxylic acids is 1. The number of rotatable bonds is 9. The quantitative estimate of drug-likeness (QED) is 0.485. The molecule has 7 nitrogen and oxygen atoms in total. The summed E-state index contributed by atoms with van der Waals surface area (Å²) in [6.45, 7) is 2.54. The summed E-state index contributed by atoms with van der Waals surface area (Å²) in [5, 5.41) is 15.1. The van der Waals surface area contributed by atoms with E-state index >= 15 is 0 Å². The molecule has 0 radical (unpaired) electrons. The van der Waals surface area contributed by atoms with Crippen LogP contribution in [-0.4, -0.2) is 42.3 Å². The number of carbonyl (C=O) groups is 3. The molecule has 2 aliphatic rings. The standard InChI is InChI=1S/C28H34N2O5/c1-2-18(15-26(31)30-25-14-8-7-13-23(25)27(32)33)16-29-28(34)35-17-24-21-11-5-3-9-19(21)20-10-4-6-12-22(20)24/h3-6,9-12,18,23-25H,2,7-8,13-17H2,1H3,(H,29,34)(H,30,31)(H,32,33). The van der Waals surface area contributed by atoms with Gasteiger partial charge < -0.3 is 20.5 Å². The number of nitrogens with one attached hydrogen (secondary N) is 2. The molecule has 1 fully saturated rings. The molecular formula is C28H34N2O5. The summed E-state index contributed by atoms with van der Waals surface area (Å²) in [5.74, 6) is -1.59. The molecule has 0 aliphatic heterocycles. The van der Waals surface area contributed by atoms with E-state index < -0.39 is 18.0 Å². The Hall–Kier alpha value is -3.35. The van der Waals surface area contributed by atoms with Crippen molar-refractivity contribution < 1.29 is 24.2 Å². The maximum Gasteiger partial charge on any atom is 0.407 e. The molecule has 186 valence electrons. The molecule has 0 bridgehead atoms. The van der Waals surface area contributed by atoms with E-state index in [-0.39, 0.29) is 36.8 Å². The first-order chi connectivity index (χ1) is 17.0. The highest BCUT2D eigenvalue weighted by Crippen LogP contribution is 2.44. The normalized spacial score (nSPS) is 19.8. The van der Waals surface area contributed by atoms with Crippen molar-refractivity contribution in [2.24, 2.45) is 11.8 Å². The van der Waals surface area contributed by atoms with Crippen molar-refractivity contribution >= 4 is 18.0 Å². The topological polar surface area (TPSA) is 105 Å². The van der Waals surface area contributed by atoms with Gasteiger partial charge in [-0.3, -0.25) is 9.59 Å². The number of ether oxygens (including phenoxy) is 1. The van der Waals surface area contributed by atoms with Gasteiger partial charge in [0.2, 0.25) is 5.91 Å². The summed E-state index contributed by atoms with van der Waals surface area (Å²) in [4.78, 5) is 36.5. The lowest BCUT2D eigenvalue weighted by molar-refractivity contribution is -0.144. The van der Waals surface area contributed by atoms with Gasteiger partial charge in [-0.25, -0.2) is 4.79 Å². The molecule has 0 saturated heterocycles. The first-order valence-corrected chi connectivity index (χ1v) is 12.6. The Labute approximate surface area is 206 Å². The van der Waals surface area contributed by atoms with Gasteiger partial charge in [-0.1, -0.05) is 74.7 Å². The van der Waals surface area contributed by atoms with Crippen molar-refractivity contribution in [1.29, 1.82) is 0 Å². The summed E-state index contributed by atoms with van der Waals surface area (Å²) in [7, 11) is 0. The van der Waals surface area contributed by atoms with Gasteiger partial charge in [0.1, 0.15) is 6.61 Å². The first-order valence-electron chi connectivity index (χ1n) is 12.6. The van der Waals surface area contributed by atoms with E-state index in [0.717, 1.165) is 24.0 Å². The Morgan fingerprint density at radius 2 is 1.63 bits per heavy atom. The van der Waals surface area contributed by atoms with Crippen LogP contribution < -0.4 is 10.6 Å². The highest BCUT2D eigenvalue weighted by atomic mass is 16.5. The van der Waals surface area contributed by atoms with Crippen LogP contribution in [0.25, 0.3) is 11.1 Å². The fraction of sp³-hybridized carbons (Fsp3) is 0.464. The third kappa shape index (κ3) is 5.84. The number of fused-ring (bicyclic) bond motifs is 3. The summed E-state index contributed by atoms with van der Waals surface area (Å²) in [6.07, 6.45) is 3.55. The van der Waals surface area contributed by atoms with E-state index in [1.54, 1.807) is 0 Å². The van der Waals surface area contributed by atoms with Crippen molar-refractivity contribution in [3.63, 3.8) is 0 Å². The molecule has 0 spiro atoms. The first kappa shape index (κ1) is 24.8. The van der Waals surface area contributed by atoms with Crippen LogP contribution in [0.4, 0.5) is 4.79 Å². The van der Waals surface area contributed by atoms with Crippen LogP contribution in [0, 0.1) is 11.8 Å². The summed E-state index contributed by atoms with van der Waals surface area (Å²) < 4.78 is 5.59. The van der Waals surface area contributed by atoms with Gasteiger partial charge in [0.05, 0.1) is 5.92 Å². The maximum absolute atomic E-state index is 12.6. The molecular weight excluding hydrogens is 444 g/mol. The van der Waals surface area contributed by atoms with Crippen LogP contribution in [0.2, 0.25) is 0 Å². The smallest absolute Gasteiger partial charge is 0.407 e. The Balaban J connectivity index is 1.26. The van der Waals surface area contributed by atoms with E-state index in [2.05, 4.69) is 34.9 Å². The van der Waals surface area contributed by atoms with Gasteiger partial charge in [0.25, 0.3) is 0 Å². The third-order valence-electron chi connectivity index (χ3n) is 7.36. The second kappa shape index (κ2) is 11.4. The summed E-state index contributed by atoms with van der Waals surface area (Å²) in [5.41, 5.74) is 4.67. The molecule has 7 heteroatoms. The average molecular weight is 479 g/mol. The number of benzene rings is 2. The molecule has 0 aromatic heterocycles. The van der Waals surface area contributed by atoms with Crippen molar-refractivity contribution in [3.05, 3.63) is 59.7 Å². The van der Waals surface area contributed by atoms with E-state index in [1.165, 1.54) is 11.1 Å². The largest absolute Gasteiger partial charge is 0.481 e. The zero-order chi connectivity index (χ0) is 24.8. The SMILES string of the molecule is CCC(CNC(=O)OCC1c2ccccc2-c2ccccc21)CC(=O)NC1CCCCC1C(=O)O. The van der Waals surface area contributed by atoms with Gasteiger partial charge in [-0.2, -0.15) is 0 Å². The highest BCUT2D eigenvalue weighted by Gasteiger charge is 2.32. The lowest BCUT2D eigenvalue weighted by Gasteiger charge is -2.29. The minimum Gasteiger partial charge on any atom is -0.481 e. The second-order valence-corrected chi connectivity index (χ2v) is 9.59. The molecule has 3 atom stereocenters. The Morgan fingerprint density at radius 1 is 1.00 bits per heavy atom. The van der Waals surface area contributed by atoms with Crippen molar-refractivity contribution in [2.45, 2.75) is 57.4 Å². The fourth-order valence-electron chi connectivity index (χ4n) is 5.37. The average Bonchev–Trinajstić information content (AvgIpc) is 3.19. The van der Waals surface area contributed by atoms with Crippen molar-refractivity contribution in [1.82, 2.24) is 10.6 Å². The number of hydrogen-bond donors (Lipinski definition) is 3. The van der Waals surface area contributed by atoms with Crippen LogP contribution in [0.3, 0.4) is 0 Å². The lowest BCUT2D eigenvalue weighted by Crippen LogP contribution is -2.45. The summed E-state index contributed by atoms with van der Waals surface area (Å²) >= 11 is 0. The Morgan fingerprint density at radius 3 is 2.26 bits per heavy atom. The van der Waals surface area contributed by atoms with Crippen molar-refractivity contribution in [3.8, 4) is 11.1 Å². The predicted molar refractivity (Wildman–Crippen MR) is 133 cm³/mol. The van der Waals surface area contributed by atoms with E-state index in [0.29, 0.717) is 25.8 Å². The number of carbonyl (C=O) groups excluding carboxylic acids is 2. The van der Waals surface area contributed by atoms with E-state index in [1.807, 2.05) is 31.2 Å². The predicted octanol–water partition coefficient (Wildman–Crippen LogP) is 4.70. The molecule has 2 aromatic rings. The molecule has 3 unspecified atom stereocenters. The third-order valence-corrected chi connectivity index (χ3v) is 7.36. The minimum absolute atomic E-state index is 0.00132. The second-order valence-electron chi connectivity index (χ2n) is 9.59. The van der Waals surface area contributed by atoms with Crippen LogP contribution in [0.15, 0.2) is 48.5 Å². The van der Waals surface area contributed by atoms with E-state index in [4.69, 9.17) is 4.74 Å². The zero-order valence-electron chi connectivity index (χ0n) is 20.2. The number of alkyl carbamates (subject to hydrolysis) is 1. The maximum atomic E-state index is 12.6. The van der Waals surface area contributed by atoms with Crippen molar-refractivity contribution in [2.75, 3.05) is 13.2 Å². The molecule has 3 N–H and O–H groups in total. The number of carboxylic acids is 1. The minimum atomic E-state index is -0.848. The van der Waals surface area contributed by atoms with Crippen LogP contribution >= 0.6 is 0 Å². The number of amides is 2. The summed E-state index contributed by atoms with van der Waals surface area (Å²) in [6, 6.07) is 16.1. The molecule has 35 heavy (non-hydrogen) atoms.